The lowest BCUT2D eigenvalue weighted by atomic mass is 10.1. The lowest BCUT2D eigenvalue weighted by Crippen LogP contribution is -2.38. The zero-order valence-electron chi connectivity index (χ0n) is 14.8. The topological polar surface area (TPSA) is 47.6 Å². The van der Waals surface area contributed by atoms with Crippen LogP contribution in [-0.2, 0) is 4.79 Å². The van der Waals surface area contributed by atoms with E-state index < -0.39 is 6.10 Å². The molecule has 0 heterocycles. The van der Waals surface area contributed by atoms with Gasteiger partial charge in [0.05, 0.1) is 6.54 Å². The summed E-state index contributed by atoms with van der Waals surface area (Å²) in [6.07, 6.45) is -0.552. The average molecular weight is 327 g/mol. The van der Waals surface area contributed by atoms with Crippen LogP contribution in [0.4, 0.5) is 0 Å². The van der Waals surface area contributed by atoms with E-state index >= 15 is 0 Å². The molecule has 0 aliphatic heterocycles. The van der Waals surface area contributed by atoms with E-state index in [1.54, 1.807) is 6.92 Å². The summed E-state index contributed by atoms with van der Waals surface area (Å²) >= 11 is 0. The van der Waals surface area contributed by atoms with Gasteiger partial charge in [-0.1, -0.05) is 30.3 Å². The third-order valence-electron chi connectivity index (χ3n) is 3.77. The Balaban J connectivity index is 1.77. The van der Waals surface area contributed by atoms with E-state index in [-0.39, 0.29) is 5.91 Å². The highest BCUT2D eigenvalue weighted by atomic mass is 16.5. The predicted molar refractivity (Wildman–Crippen MR) is 95.7 cm³/mol. The Kier molecular flexibility index (Phi) is 6.24. The normalized spacial score (nSPS) is 11.7. The highest BCUT2D eigenvalue weighted by molar-refractivity contribution is 5.80. The Bertz CT molecular complexity index is 697. The Hall–Kier alpha value is -2.49. The van der Waals surface area contributed by atoms with Crippen LogP contribution in [0, 0.1) is 20.8 Å². The molecular weight excluding hydrogens is 302 g/mol. The van der Waals surface area contributed by atoms with Gasteiger partial charge < -0.3 is 14.8 Å². The Morgan fingerprint density at radius 2 is 1.75 bits per heavy atom. The van der Waals surface area contributed by atoms with Crippen molar-refractivity contribution in [1.29, 1.82) is 0 Å². The van der Waals surface area contributed by atoms with Crippen LogP contribution in [0.1, 0.15) is 23.6 Å². The van der Waals surface area contributed by atoms with Crippen LogP contribution in [0.15, 0.2) is 42.5 Å². The first-order chi connectivity index (χ1) is 11.5. The fourth-order valence-corrected chi connectivity index (χ4v) is 2.28. The quantitative estimate of drug-likeness (QED) is 0.791. The molecule has 4 nitrogen and oxygen atoms in total. The SMILES string of the molecule is Cc1ccc(C)c(O[C@H](C)C(=O)NCCOc2ccccc2C)c1. The first kappa shape index (κ1) is 17.9. The van der Waals surface area contributed by atoms with Gasteiger partial charge in [-0.2, -0.15) is 0 Å². The van der Waals surface area contributed by atoms with Crippen LogP contribution in [-0.4, -0.2) is 25.2 Å². The second-order valence-corrected chi connectivity index (χ2v) is 5.93. The summed E-state index contributed by atoms with van der Waals surface area (Å²) in [7, 11) is 0. The van der Waals surface area contributed by atoms with E-state index in [0.29, 0.717) is 13.2 Å². The Morgan fingerprint density at radius 1 is 1.04 bits per heavy atom. The fraction of sp³-hybridized carbons (Fsp3) is 0.350. The Labute approximate surface area is 143 Å². The molecule has 0 spiro atoms. The van der Waals surface area contributed by atoms with Crippen LogP contribution in [0.5, 0.6) is 11.5 Å². The van der Waals surface area contributed by atoms with Crippen molar-refractivity contribution in [2.24, 2.45) is 0 Å². The number of para-hydroxylation sites is 1. The van der Waals surface area contributed by atoms with E-state index in [9.17, 15) is 4.79 Å². The van der Waals surface area contributed by atoms with Gasteiger partial charge in [-0.25, -0.2) is 0 Å². The molecule has 0 saturated heterocycles. The molecule has 1 atom stereocenters. The zero-order chi connectivity index (χ0) is 17.5. The Morgan fingerprint density at radius 3 is 2.50 bits per heavy atom. The third kappa shape index (κ3) is 5.01. The molecule has 128 valence electrons. The fourth-order valence-electron chi connectivity index (χ4n) is 2.28. The van der Waals surface area contributed by atoms with Crippen molar-refractivity contribution in [3.05, 3.63) is 59.2 Å². The molecule has 0 unspecified atom stereocenters. The molecule has 0 radical (unpaired) electrons. The van der Waals surface area contributed by atoms with Gasteiger partial charge in [0.2, 0.25) is 0 Å². The van der Waals surface area contributed by atoms with Crippen LogP contribution in [0.3, 0.4) is 0 Å². The van der Waals surface area contributed by atoms with E-state index in [2.05, 4.69) is 5.32 Å². The summed E-state index contributed by atoms with van der Waals surface area (Å²) in [6, 6.07) is 13.8. The summed E-state index contributed by atoms with van der Waals surface area (Å²) < 4.78 is 11.4. The molecule has 1 N–H and O–H groups in total. The highest BCUT2D eigenvalue weighted by Crippen LogP contribution is 2.20. The van der Waals surface area contributed by atoms with Gasteiger partial charge in [-0.15, -0.1) is 0 Å². The minimum Gasteiger partial charge on any atom is -0.491 e. The maximum absolute atomic E-state index is 12.1. The van der Waals surface area contributed by atoms with Crippen molar-refractivity contribution in [2.75, 3.05) is 13.2 Å². The van der Waals surface area contributed by atoms with Crippen molar-refractivity contribution in [2.45, 2.75) is 33.8 Å². The van der Waals surface area contributed by atoms with Crippen LogP contribution in [0.2, 0.25) is 0 Å². The van der Waals surface area contributed by atoms with Gasteiger partial charge in [0.25, 0.3) is 5.91 Å². The number of aryl methyl sites for hydroxylation is 3. The number of ether oxygens (including phenoxy) is 2. The van der Waals surface area contributed by atoms with Crippen molar-refractivity contribution < 1.29 is 14.3 Å². The average Bonchev–Trinajstić information content (AvgIpc) is 2.56. The van der Waals surface area contributed by atoms with Crippen molar-refractivity contribution >= 4 is 5.91 Å². The first-order valence-electron chi connectivity index (χ1n) is 8.17. The van der Waals surface area contributed by atoms with E-state index in [1.807, 2.05) is 63.2 Å². The predicted octanol–water partition coefficient (Wildman–Crippen LogP) is 3.57. The summed E-state index contributed by atoms with van der Waals surface area (Å²) in [5.41, 5.74) is 3.20. The molecule has 0 aliphatic rings. The van der Waals surface area contributed by atoms with Gasteiger partial charge in [0, 0.05) is 0 Å². The maximum atomic E-state index is 12.1. The number of carbonyl (C=O) groups excluding carboxylic acids is 1. The van der Waals surface area contributed by atoms with Crippen LogP contribution < -0.4 is 14.8 Å². The number of amides is 1. The van der Waals surface area contributed by atoms with Gasteiger partial charge in [0.1, 0.15) is 18.1 Å². The van der Waals surface area contributed by atoms with Crippen molar-refractivity contribution in [1.82, 2.24) is 5.32 Å². The van der Waals surface area contributed by atoms with Gasteiger partial charge >= 0.3 is 0 Å². The third-order valence-corrected chi connectivity index (χ3v) is 3.77. The number of rotatable bonds is 7. The molecule has 4 heteroatoms. The van der Waals surface area contributed by atoms with Gasteiger partial charge in [-0.3, -0.25) is 4.79 Å². The number of hydrogen-bond donors (Lipinski definition) is 1. The second-order valence-electron chi connectivity index (χ2n) is 5.93. The molecule has 0 fully saturated rings. The molecule has 2 aromatic rings. The monoisotopic (exact) mass is 327 g/mol. The lowest BCUT2D eigenvalue weighted by Gasteiger charge is -2.17. The van der Waals surface area contributed by atoms with E-state index in [4.69, 9.17) is 9.47 Å². The second kappa shape index (κ2) is 8.39. The van der Waals surface area contributed by atoms with E-state index in [0.717, 1.165) is 28.2 Å². The molecule has 2 aromatic carbocycles. The van der Waals surface area contributed by atoms with Gasteiger partial charge in [0.15, 0.2) is 6.10 Å². The summed E-state index contributed by atoms with van der Waals surface area (Å²) in [5.74, 6) is 1.43. The molecule has 24 heavy (non-hydrogen) atoms. The minimum absolute atomic E-state index is 0.149. The number of benzene rings is 2. The molecule has 0 bridgehead atoms. The first-order valence-corrected chi connectivity index (χ1v) is 8.17. The van der Waals surface area contributed by atoms with Gasteiger partial charge in [-0.05, 0) is 56.5 Å². The number of hydrogen-bond acceptors (Lipinski definition) is 3. The maximum Gasteiger partial charge on any atom is 0.260 e. The summed E-state index contributed by atoms with van der Waals surface area (Å²) in [4.78, 5) is 12.1. The van der Waals surface area contributed by atoms with Crippen LogP contribution in [0.25, 0.3) is 0 Å². The zero-order valence-corrected chi connectivity index (χ0v) is 14.8. The minimum atomic E-state index is -0.552. The van der Waals surface area contributed by atoms with Crippen LogP contribution >= 0.6 is 0 Å². The summed E-state index contributed by atoms with van der Waals surface area (Å²) in [5, 5.41) is 2.84. The smallest absolute Gasteiger partial charge is 0.260 e. The molecule has 2 rings (SSSR count). The number of carbonyl (C=O) groups is 1. The highest BCUT2D eigenvalue weighted by Gasteiger charge is 2.15. The lowest BCUT2D eigenvalue weighted by molar-refractivity contribution is -0.127. The van der Waals surface area contributed by atoms with Crippen molar-refractivity contribution in [3.63, 3.8) is 0 Å². The molecule has 0 aromatic heterocycles. The molecule has 1 amide bonds. The molecule has 0 aliphatic carbocycles. The number of nitrogens with one attached hydrogen (secondary N) is 1. The standard InChI is InChI=1S/C20H25NO3/c1-14-9-10-16(3)19(13-14)24-17(4)20(22)21-11-12-23-18-8-6-5-7-15(18)2/h5-10,13,17H,11-12H2,1-4H3,(H,21,22)/t17-/m1/s1. The van der Waals surface area contributed by atoms with Crippen molar-refractivity contribution in [3.8, 4) is 11.5 Å². The molecule has 0 saturated carbocycles. The van der Waals surface area contributed by atoms with E-state index in [1.165, 1.54) is 0 Å². The summed E-state index contributed by atoms with van der Waals surface area (Å²) in [6.45, 7) is 8.57. The molecular formula is C20H25NO3. The largest absolute Gasteiger partial charge is 0.491 e.